The van der Waals surface area contributed by atoms with E-state index in [2.05, 4.69) is 38.3 Å². The Kier molecular flexibility index (Phi) is 5.56. The summed E-state index contributed by atoms with van der Waals surface area (Å²) in [6, 6.07) is 5.68. The Bertz CT molecular complexity index is 1000. The molecule has 2 heterocycles. The fourth-order valence-electron chi connectivity index (χ4n) is 3.06. The summed E-state index contributed by atoms with van der Waals surface area (Å²) >= 11 is 1.69. The van der Waals surface area contributed by atoms with Gasteiger partial charge in [0.15, 0.2) is 5.16 Å². The summed E-state index contributed by atoms with van der Waals surface area (Å²) < 4.78 is 7.70. The summed E-state index contributed by atoms with van der Waals surface area (Å²) in [6.07, 6.45) is 2.30. The van der Waals surface area contributed by atoms with Crippen molar-refractivity contribution in [1.82, 2.24) is 9.55 Å². The lowest BCUT2D eigenvalue weighted by Gasteiger charge is -2.10. The molecule has 26 heavy (non-hydrogen) atoms. The first-order chi connectivity index (χ1) is 12.4. The SMILES string of the molecule is CCCCn1c(SCc2cc(=O)oc3cc(C)c(C)cc23)nc(C)c1C. The predicted octanol–water partition coefficient (Wildman–Crippen LogP) is 5.32. The second-order valence-corrected chi connectivity index (χ2v) is 7.82. The van der Waals surface area contributed by atoms with Gasteiger partial charge in [-0.05, 0) is 62.9 Å². The van der Waals surface area contributed by atoms with Crippen LogP contribution in [0.25, 0.3) is 11.0 Å². The van der Waals surface area contributed by atoms with Crippen molar-refractivity contribution < 1.29 is 4.42 Å². The Morgan fingerprint density at radius 1 is 1.12 bits per heavy atom. The summed E-state index contributed by atoms with van der Waals surface area (Å²) in [6.45, 7) is 11.5. The molecule has 0 saturated heterocycles. The van der Waals surface area contributed by atoms with Crippen molar-refractivity contribution in [1.29, 1.82) is 0 Å². The lowest BCUT2D eigenvalue weighted by Crippen LogP contribution is -2.03. The van der Waals surface area contributed by atoms with Gasteiger partial charge < -0.3 is 8.98 Å². The first-order valence-corrected chi connectivity index (χ1v) is 10.1. The number of imidazole rings is 1. The lowest BCUT2D eigenvalue weighted by molar-refractivity contribution is 0.559. The van der Waals surface area contributed by atoms with Crippen LogP contribution in [0.2, 0.25) is 0 Å². The van der Waals surface area contributed by atoms with Gasteiger partial charge in [-0.2, -0.15) is 0 Å². The second-order valence-electron chi connectivity index (χ2n) is 6.88. The van der Waals surface area contributed by atoms with Gasteiger partial charge in [-0.3, -0.25) is 0 Å². The van der Waals surface area contributed by atoms with Crippen LogP contribution in [0.1, 0.15) is 47.8 Å². The Morgan fingerprint density at radius 2 is 1.85 bits per heavy atom. The molecule has 0 aliphatic carbocycles. The molecule has 4 nitrogen and oxygen atoms in total. The number of unbranched alkanes of at least 4 members (excludes halogenated alkanes) is 1. The van der Waals surface area contributed by atoms with Gasteiger partial charge in [-0.15, -0.1) is 0 Å². The average Bonchev–Trinajstić information content (AvgIpc) is 2.86. The first kappa shape index (κ1) is 18.8. The third-order valence-electron chi connectivity index (χ3n) is 4.96. The van der Waals surface area contributed by atoms with Gasteiger partial charge in [0, 0.05) is 29.4 Å². The Morgan fingerprint density at radius 3 is 2.58 bits per heavy atom. The molecule has 3 aromatic rings. The highest BCUT2D eigenvalue weighted by Gasteiger charge is 2.13. The van der Waals surface area contributed by atoms with E-state index in [9.17, 15) is 4.79 Å². The molecule has 2 aromatic heterocycles. The topological polar surface area (TPSA) is 48.0 Å². The van der Waals surface area contributed by atoms with Crippen molar-refractivity contribution in [2.24, 2.45) is 0 Å². The smallest absolute Gasteiger partial charge is 0.336 e. The van der Waals surface area contributed by atoms with E-state index in [-0.39, 0.29) is 5.63 Å². The van der Waals surface area contributed by atoms with Crippen molar-refractivity contribution in [3.63, 3.8) is 0 Å². The quantitative estimate of drug-likeness (QED) is 0.435. The van der Waals surface area contributed by atoms with Crippen LogP contribution >= 0.6 is 11.8 Å². The number of fused-ring (bicyclic) bond motifs is 1. The van der Waals surface area contributed by atoms with Crippen LogP contribution in [0.4, 0.5) is 0 Å². The molecule has 0 amide bonds. The summed E-state index contributed by atoms with van der Waals surface area (Å²) in [5, 5.41) is 2.04. The van der Waals surface area contributed by atoms with E-state index in [1.54, 1.807) is 17.8 Å². The molecule has 0 unspecified atom stereocenters. The van der Waals surface area contributed by atoms with E-state index in [1.807, 2.05) is 13.0 Å². The number of rotatable bonds is 6. The van der Waals surface area contributed by atoms with E-state index in [1.165, 1.54) is 11.3 Å². The number of hydrogen-bond donors (Lipinski definition) is 0. The monoisotopic (exact) mass is 370 g/mol. The maximum Gasteiger partial charge on any atom is 0.336 e. The Labute approximate surface area is 158 Å². The molecule has 0 spiro atoms. The molecule has 0 aliphatic rings. The van der Waals surface area contributed by atoms with Crippen LogP contribution in [0, 0.1) is 27.7 Å². The van der Waals surface area contributed by atoms with Gasteiger partial charge in [0.2, 0.25) is 0 Å². The second kappa shape index (κ2) is 7.70. The van der Waals surface area contributed by atoms with E-state index in [4.69, 9.17) is 9.40 Å². The van der Waals surface area contributed by atoms with Gasteiger partial charge in [0.25, 0.3) is 0 Å². The van der Waals surface area contributed by atoms with Crippen LogP contribution in [0.5, 0.6) is 0 Å². The molecule has 0 atom stereocenters. The largest absolute Gasteiger partial charge is 0.423 e. The fourth-order valence-corrected chi connectivity index (χ4v) is 4.17. The standard InChI is InChI=1S/C21H26N2O2S/c1-6-7-8-23-16(5)15(4)22-21(23)26-12-17-11-20(24)25-19-10-14(3)13(2)9-18(17)19/h9-11H,6-8,12H2,1-5H3. The van der Waals surface area contributed by atoms with Gasteiger partial charge >= 0.3 is 5.63 Å². The molecular weight excluding hydrogens is 344 g/mol. The highest BCUT2D eigenvalue weighted by Crippen LogP contribution is 2.29. The summed E-state index contributed by atoms with van der Waals surface area (Å²) in [5.74, 6) is 0.701. The molecule has 0 saturated carbocycles. The van der Waals surface area contributed by atoms with Crippen molar-refractivity contribution in [2.75, 3.05) is 0 Å². The Hall–Kier alpha value is -2.01. The van der Waals surface area contributed by atoms with Crippen molar-refractivity contribution in [2.45, 2.75) is 64.9 Å². The molecule has 3 rings (SSSR count). The molecule has 0 aliphatic heterocycles. The maximum absolute atomic E-state index is 12.0. The third-order valence-corrected chi connectivity index (χ3v) is 5.98. The lowest BCUT2D eigenvalue weighted by atomic mass is 10.0. The summed E-state index contributed by atoms with van der Waals surface area (Å²) in [5.41, 5.74) is 6.01. The molecule has 138 valence electrons. The maximum atomic E-state index is 12.0. The van der Waals surface area contributed by atoms with Gasteiger partial charge in [-0.1, -0.05) is 25.1 Å². The van der Waals surface area contributed by atoms with Crippen LogP contribution in [0.3, 0.4) is 0 Å². The van der Waals surface area contributed by atoms with Crippen molar-refractivity contribution >= 4 is 22.7 Å². The zero-order chi connectivity index (χ0) is 18.8. The van der Waals surface area contributed by atoms with Gasteiger partial charge in [-0.25, -0.2) is 9.78 Å². The minimum atomic E-state index is -0.293. The molecule has 0 fully saturated rings. The number of aromatic nitrogens is 2. The zero-order valence-corrected chi connectivity index (χ0v) is 17.0. The van der Waals surface area contributed by atoms with Crippen LogP contribution < -0.4 is 5.63 Å². The number of hydrogen-bond acceptors (Lipinski definition) is 4. The van der Waals surface area contributed by atoms with Crippen LogP contribution in [0.15, 0.2) is 32.6 Å². The molecular formula is C21H26N2O2S. The highest BCUT2D eigenvalue weighted by molar-refractivity contribution is 7.98. The molecule has 0 radical (unpaired) electrons. The zero-order valence-electron chi connectivity index (χ0n) is 16.2. The summed E-state index contributed by atoms with van der Waals surface area (Å²) in [7, 11) is 0. The highest BCUT2D eigenvalue weighted by atomic mass is 32.2. The predicted molar refractivity (Wildman–Crippen MR) is 108 cm³/mol. The molecule has 0 bridgehead atoms. The number of thioether (sulfide) groups is 1. The van der Waals surface area contributed by atoms with E-state index < -0.39 is 0 Å². The van der Waals surface area contributed by atoms with Gasteiger partial charge in [0.1, 0.15) is 5.58 Å². The summed E-state index contributed by atoms with van der Waals surface area (Å²) in [4.78, 5) is 16.7. The number of nitrogens with zero attached hydrogens (tertiary/aromatic N) is 2. The van der Waals surface area contributed by atoms with E-state index in [0.717, 1.165) is 46.7 Å². The number of aryl methyl sites for hydroxylation is 3. The Balaban J connectivity index is 1.94. The first-order valence-electron chi connectivity index (χ1n) is 9.11. The minimum absolute atomic E-state index is 0.293. The number of benzene rings is 1. The minimum Gasteiger partial charge on any atom is -0.423 e. The normalized spacial score (nSPS) is 11.4. The van der Waals surface area contributed by atoms with Gasteiger partial charge in [0.05, 0.1) is 5.69 Å². The third kappa shape index (κ3) is 3.73. The van der Waals surface area contributed by atoms with E-state index in [0.29, 0.717) is 11.3 Å². The fraction of sp³-hybridized carbons (Fsp3) is 0.429. The van der Waals surface area contributed by atoms with Crippen molar-refractivity contribution in [3.8, 4) is 0 Å². The molecule has 0 N–H and O–H groups in total. The average molecular weight is 371 g/mol. The molecule has 1 aromatic carbocycles. The van der Waals surface area contributed by atoms with E-state index >= 15 is 0 Å². The van der Waals surface area contributed by atoms with Crippen LogP contribution in [-0.4, -0.2) is 9.55 Å². The van der Waals surface area contributed by atoms with Crippen LogP contribution in [-0.2, 0) is 12.3 Å². The molecule has 5 heteroatoms. The van der Waals surface area contributed by atoms with Crippen molar-refractivity contribution in [3.05, 3.63) is 56.7 Å².